The first-order valence-electron chi connectivity index (χ1n) is 8.43. The second-order valence-corrected chi connectivity index (χ2v) is 7.89. The minimum atomic E-state index is -1.03. The van der Waals surface area contributed by atoms with Crippen molar-refractivity contribution in [3.63, 3.8) is 0 Å². The first-order valence-corrected chi connectivity index (χ1v) is 9.63. The van der Waals surface area contributed by atoms with E-state index in [1.165, 1.54) is 11.3 Å². The number of ether oxygens (including phenoxy) is 1. The van der Waals surface area contributed by atoms with Gasteiger partial charge in [-0.25, -0.2) is 4.79 Å². The van der Waals surface area contributed by atoms with Crippen LogP contribution >= 0.6 is 22.9 Å². The molecular formula is C19H20ClNO4S. The zero-order valence-corrected chi connectivity index (χ0v) is 15.9. The molecule has 0 saturated carbocycles. The molecule has 7 heteroatoms. The first kappa shape index (κ1) is 18.9. The maximum atomic E-state index is 12.6. The molecule has 2 N–H and O–H groups in total. The van der Waals surface area contributed by atoms with E-state index in [9.17, 15) is 14.7 Å². The zero-order chi connectivity index (χ0) is 18.7. The van der Waals surface area contributed by atoms with Gasteiger partial charge in [-0.3, -0.25) is 4.79 Å². The van der Waals surface area contributed by atoms with Crippen molar-refractivity contribution in [3.05, 3.63) is 45.8 Å². The van der Waals surface area contributed by atoms with Crippen LogP contribution < -0.4 is 5.32 Å². The highest BCUT2D eigenvalue weighted by Gasteiger charge is 2.32. The van der Waals surface area contributed by atoms with Crippen molar-refractivity contribution in [3.8, 4) is 10.4 Å². The lowest BCUT2D eigenvalue weighted by Gasteiger charge is -2.27. The molecule has 0 spiro atoms. The number of amides is 1. The number of carbonyl (C=O) groups is 2. The van der Waals surface area contributed by atoms with Crippen LogP contribution in [0.5, 0.6) is 0 Å². The van der Waals surface area contributed by atoms with Crippen molar-refractivity contribution in [1.29, 1.82) is 0 Å². The van der Waals surface area contributed by atoms with Gasteiger partial charge in [0.05, 0.1) is 11.5 Å². The van der Waals surface area contributed by atoms with Crippen LogP contribution in [0.1, 0.15) is 28.1 Å². The molecule has 0 radical (unpaired) electrons. The Balaban J connectivity index is 1.79. The molecule has 26 heavy (non-hydrogen) atoms. The lowest BCUT2D eigenvalue weighted by atomic mass is 9.93. The van der Waals surface area contributed by atoms with Crippen molar-refractivity contribution in [2.45, 2.75) is 25.8 Å². The third-order valence-corrected chi connectivity index (χ3v) is 5.97. The van der Waals surface area contributed by atoms with Crippen molar-refractivity contribution >= 4 is 34.8 Å². The second kappa shape index (κ2) is 8.20. The monoisotopic (exact) mass is 393 g/mol. The van der Waals surface area contributed by atoms with Crippen LogP contribution in [0.4, 0.5) is 0 Å². The Kier molecular flexibility index (Phi) is 5.96. The summed E-state index contributed by atoms with van der Waals surface area (Å²) in [6.07, 6.45) is 1.54. The molecule has 1 aromatic carbocycles. The molecule has 2 aromatic rings. The minimum absolute atomic E-state index is 0.210. The third-order valence-electron chi connectivity index (χ3n) is 4.45. The van der Waals surface area contributed by atoms with Crippen molar-refractivity contribution in [2.24, 2.45) is 5.92 Å². The number of carbonyl (C=O) groups excluding carboxylic acids is 1. The van der Waals surface area contributed by atoms with Gasteiger partial charge in [0.15, 0.2) is 0 Å². The van der Waals surface area contributed by atoms with E-state index in [-0.39, 0.29) is 11.8 Å². The number of hydrogen-bond acceptors (Lipinski definition) is 4. The number of aliphatic carboxylic acids is 1. The van der Waals surface area contributed by atoms with Gasteiger partial charge in [0.25, 0.3) is 5.91 Å². The SMILES string of the molecule is Cc1cc(C(=O)NC(C(=O)O)C2CCCOC2)sc1-c1cccc(Cl)c1. The van der Waals surface area contributed by atoms with E-state index in [0.717, 1.165) is 28.8 Å². The largest absolute Gasteiger partial charge is 0.480 e. The number of aryl methyl sites for hydroxylation is 1. The molecule has 1 saturated heterocycles. The highest BCUT2D eigenvalue weighted by molar-refractivity contribution is 7.17. The van der Waals surface area contributed by atoms with E-state index in [4.69, 9.17) is 16.3 Å². The van der Waals surface area contributed by atoms with Crippen molar-refractivity contribution < 1.29 is 19.4 Å². The summed E-state index contributed by atoms with van der Waals surface area (Å²) >= 11 is 7.39. The topological polar surface area (TPSA) is 75.6 Å². The molecule has 138 valence electrons. The summed E-state index contributed by atoms with van der Waals surface area (Å²) in [6, 6.07) is 8.28. The molecule has 1 aliphatic heterocycles. The van der Waals surface area contributed by atoms with Crippen LogP contribution in [0.2, 0.25) is 5.02 Å². The molecule has 2 heterocycles. The number of nitrogens with one attached hydrogen (secondary N) is 1. The molecule has 0 bridgehead atoms. The normalized spacial score (nSPS) is 18.3. The molecule has 2 atom stereocenters. The molecular weight excluding hydrogens is 374 g/mol. The summed E-state index contributed by atoms with van der Waals surface area (Å²) in [5, 5.41) is 12.8. The summed E-state index contributed by atoms with van der Waals surface area (Å²) in [7, 11) is 0. The molecule has 5 nitrogen and oxygen atoms in total. The van der Waals surface area contributed by atoms with Crippen molar-refractivity contribution in [1.82, 2.24) is 5.32 Å². The van der Waals surface area contributed by atoms with Gasteiger partial charge < -0.3 is 15.2 Å². The van der Waals surface area contributed by atoms with E-state index in [0.29, 0.717) is 23.1 Å². The molecule has 0 aliphatic carbocycles. The van der Waals surface area contributed by atoms with Crippen LogP contribution in [0.15, 0.2) is 30.3 Å². The number of rotatable bonds is 5. The maximum Gasteiger partial charge on any atom is 0.326 e. The van der Waals surface area contributed by atoms with Gasteiger partial charge in [0.1, 0.15) is 6.04 Å². The van der Waals surface area contributed by atoms with Crippen LogP contribution in [-0.2, 0) is 9.53 Å². The fraction of sp³-hybridized carbons (Fsp3) is 0.368. The van der Waals surface area contributed by atoms with Crippen LogP contribution in [0.25, 0.3) is 10.4 Å². The fourth-order valence-corrected chi connectivity index (χ4v) is 4.39. The van der Waals surface area contributed by atoms with Gasteiger partial charge in [0, 0.05) is 22.4 Å². The van der Waals surface area contributed by atoms with Gasteiger partial charge in [-0.05, 0) is 49.1 Å². The number of thiophene rings is 1. The quantitative estimate of drug-likeness (QED) is 0.805. The number of halogens is 1. The Hall–Kier alpha value is -1.89. The Bertz CT molecular complexity index is 814. The standard InChI is InChI=1S/C19H20ClNO4S/c1-11-8-15(26-17(11)12-4-2-6-14(20)9-12)18(22)21-16(19(23)24)13-5-3-7-25-10-13/h2,4,6,8-9,13,16H,3,5,7,10H2,1H3,(H,21,22)(H,23,24). The highest BCUT2D eigenvalue weighted by Crippen LogP contribution is 2.33. The number of carboxylic acid groups (broad SMARTS) is 1. The highest BCUT2D eigenvalue weighted by atomic mass is 35.5. The minimum Gasteiger partial charge on any atom is -0.480 e. The second-order valence-electron chi connectivity index (χ2n) is 6.40. The number of carboxylic acids is 1. The molecule has 2 unspecified atom stereocenters. The summed E-state index contributed by atoms with van der Waals surface area (Å²) in [6.45, 7) is 2.92. The molecule has 1 aromatic heterocycles. The predicted octanol–water partition coefficient (Wildman–Crippen LogP) is 3.99. The van der Waals surface area contributed by atoms with Gasteiger partial charge >= 0.3 is 5.97 Å². The van der Waals surface area contributed by atoms with Gasteiger partial charge in [-0.15, -0.1) is 11.3 Å². The summed E-state index contributed by atoms with van der Waals surface area (Å²) in [5.74, 6) is -1.61. The molecule has 3 rings (SSSR count). The summed E-state index contributed by atoms with van der Waals surface area (Å²) in [4.78, 5) is 25.7. The Morgan fingerprint density at radius 1 is 1.38 bits per heavy atom. The Morgan fingerprint density at radius 3 is 2.85 bits per heavy atom. The maximum absolute atomic E-state index is 12.6. The van der Waals surface area contributed by atoms with Gasteiger partial charge in [-0.2, -0.15) is 0 Å². The van der Waals surface area contributed by atoms with E-state index in [1.54, 1.807) is 12.1 Å². The predicted molar refractivity (Wildman–Crippen MR) is 102 cm³/mol. The van der Waals surface area contributed by atoms with Gasteiger partial charge in [0.2, 0.25) is 0 Å². The average molecular weight is 394 g/mol. The van der Waals surface area contributed by atoms with Crippen LogP contribution in [0.3, 0.4) is 0 Å². The van der Waals surface area contributed by atoms with E-state index in [1.807, 2.05) is 25.1 Å². The van der Waals surface area contributed by atoms with E-state index in [2.05, 4.69) is 5.32 Å². The molecule has 1 amide bonds. The number of benzene rings is 1. The van der Waals surface area contributed by atoms with Gasteiger partial charge in [-0.1, -0.05) is 23.7 Å². The Labute approximate surface area is 160 Å². The van der Waals surface area contributed by atoms with Crippen LogP contribution in [0, 0.1) is 12.8 Å². The lowest BCUT2D eigenvalue weighted by Crippen LogP contribution is -2.48. The summed E-state index contributed by atoms with van der Waals surface area (Å²) in [5.41, 5.74) is 1.89. The lowest BCUT2D eigenvalue weighted by molar-refractivity contribution is -0.142. The zero-order valence-electron chi connectivity index (χ0n) is 14.3. The van der Waals surface area contributed by atoms with E-state index < -0.39 is 12.0 Å². The number of hydrogen-bond donors (Lipinski definition) is 2. The average Bonchev–Trinajstić information content (AvgIpc) is 3.02. The molecule has 1 aliphatic rings. The molecule has 1 fully saturated rings. The fourth-order valence-electron chi connectivity index (χ4n) is 3.13. The van der Waals surface area contributed by atoms with Crippen LogP contribution in [-0.4, -0.2) is 36.2 Å². The Morgan fingerprint density at radius 2 is 2.19 bits per heavy atom. The van der Waals surface area contributed by atoms with E-state index >= 15 is 0 Å². The first-order chi connectivity index (χ1) is 12.5. The van der Waals surface area contributed by atoms with Crippen molar-refractivity contribution in [2.75, 3.05) is 13.2 Å². The smallest absolute Gasteiger partial charge is 0.326 e. The third kappa shape index (κ3) is 4.26. The summed E-state index contributed by atoms with van der Waals surface area (Å²) < 4.78 is 5.37.